The van der Waals surface area contributed by atoms with E-state index < -0.39 is 23.6 Å². The number of anilines is 1. The van der Waals surface area contributed by atoms with Crippen molar-refractivity contribution in [1.82, 2.24) is 15.0 Å². The van der Waals surface area contributed by atoms with Crippen LogP contribution in [0.5, 0.6) is 0 Å². The molecule has 0 bridgehead atoms. The molecule has 2 aromatic rings. The molecule has 1 aliphatic rings. The first-order valence-corrected chi connectivity index (χ1v) is 15.1. The second-order valence-electron chi connectivity index (χ2n) is 11.2. The predicted molar refractivity (Wildman–Crippen MR) is 164 cm³/mol. The maximum atomic E-state index is 14.0. The molecule has 0 spiro atoms. The van der Waals surface area contributed by atoms with Crippen LogP contribution in [0.25, 0.3) is 6.08 Å². The molecule has 10 heteroatoms. The van der Waals surface area contributed by atoms with Crippen molar-refractivity contribution in [2.24, 2.45) is 0 Å². The van der Waals surface area contributed by atoms with E-state index in [0.717, 1.165) is 56.5 Å². The Bertz CT molecular complexity index is 1450. The van der Waals surface area contributed by atoms with E-state index in [2.05, 4.69) is 18.7 Å². The summed E-state index contributed by atoms with van der Waals surface area (Å²) in [5.41, 5.74) is 0.433. The number of hydrogen-bond acceptors (Lipinski definition) is 8. The van der Waals surface area contributed by atoms with Gasteiger partial charge in [-0.1, -0.05) is 77.0 Å². The van der Waals surface area contributed by atoms with Crippen LogP contribution in [-0.2, 0) is 19.8 Å². The van der Waals surface area contributed by atoms with Gasteiger partial charge in [0.2, 0.25) is 5.91 Å². The number of imide groups is 2. The number of unbranched alkanes of at least 4 members (excludes halogenated alkanes) is 2. The molecule has 0 aliphatic carbocycles. The van der Waals surface area contributed by atoms with Crippen molar-refractivity contribution < 1.29 is 19.2 Å². The fourth-order valence-corrected chi connectivity index (χ4v) is 5.82. The number of carbonyl (C=O) groups is 4. The minimum absolute atomic E-state index is 0.0487. The maximum absolute atomic E-state index is 14.0. The molecule has 0 saturated carbocycles. The first kappa shape index (κ1) is 32.4. The Hall–Kier alpha value is -4.10. The first-order valence-electron chi connectivity index (χ1n) is 14.2. The van der Waals surface area contributed by atoms with Gasteiger partial charge in [0.1, 0.15) is 11.6 Å². The van der Waals surface area contributed by atoms with E-state index in [1.165, 1.54) is 30.4 Å². The zero-order valence-electron chi connectivity index (χ0n) is 25.5. The van der Waals surface area contributed by atoms with Gasteiger partial charge >= 0.3 is 0 Å². The molecule has 3 rings (SSSR count). The maximum Gasteiger partial charge on any atom is 0.291 e. The summed E-state index contributed by atoms with van der Waals surface area (Å²) < 4.78 is 0. The number of thiazole rings is 1. The van der Waals surface area contributed by atoms with Gasteiger partial charge in [-0.2, -0.15) is 15.3 Å². The Labute approximate surface area is 252 Å². The topological polar surface area (TPSA) is 115 Å². The molecule has 0 radical (unpaired) electrons. The molecule has 1 aliphatic heterocycles. The molecule has 0 atom stereocenters. The van der Waals surface area contributed by atoms with Gasteiger partial charge < -0.3 is 4.90 Å². The van der Waals surface area contributed by atoms with Gasteiger partial charge in [0.05, 0.1) is 10.6 Å². The summed E-state index contributed by atoms with van der Waals surface area (Å²) in [6.07, 6.45) is 5.77. The summed E-state index contributed by atoms with van der Waals surface area (Å²) >= 11 is 1.45. The average molecular weight is 590 g/mol. The normalized spacial score (nSPS) is 14.8. The van der Waals surface area contributed by atoms with Crippen LogP contribution in [0.3, 0.4) is 0 Å². The molecule has 222 valence electrons. The third kappa shape index (κ3) is 6.85. The van der Waals surface area contributed by atoms with Crippen LogP contribution in [0.2, 0.25) is 0 Å². The van der Waals surface area contributed by atoms with E-state index in [1.54, 1.807) is 24.3 Å². The smallest absolute Gasteiger partial charge is 0.291 e. The van der Waals surface area contributed by atoms with Crippen molar-refractivity contribution in [2.75, 3.05) is 18.0 Å². The van der Waals surface area contributed by atoms with Crippen molar-refractivity contribution in [2.45, 2.75) is 79.6 Å². The number of amides is 4. The quantitative estimate of drug-likeness (QED) is 0.245. The zero-order valence-corrected chi connectivity index (χ0v) is 26.3. The van der Waals surface area contributed by atoms with Crippen molar-refractivity contribution >= 4 is 46.2 Å². The van der Waals surface area contributed by atoms with Crippen LogP contribution in [0.1, 0.15) is 95.1 Å². The zero-order chi connectivity index (χ0) is 31.2. The molecule has 9 nitrogen and oxygen atoms in total. The number of nitrogens with zero attached hydrogens (tertiary/aromatic N) is 5. The van der Waals surface area contributed by atoms with Crippen molar-refractivity contribution in [1.29, 1.82) is 5.26 Å². The molecular formula is C32H39N5O4S. The van der Waals surface area contributed by atoms with Crippen molar-refractivity contribution in [3.05, 3.63) is 63.2 Å². The van der Waals surface area contributed by atoms with Crippen LogP contribution in [-0.4, -0.2) is 51.7 Å². The summed E-state index contributed by atoms with van der Waals surface area (Å²) in [5, 5.41) is 11.8. The van der Waals surface area contributed by atoms with E-state index in [1.807, 2.05) is 26.8 Å². The lowest BCUT2D eigenvalue weighted by Gasteiger charge is -2.34. The summed E-state index contributed by atoms with van der Waals surface area (Å²) in [6, 6.07) is 9.78. The fourth-order valence-electron chi connectivity index (χ4n) is 4.55. The first-order chi connectivity index (χ1) is 19.9. The average Bonchev–Trinajstić information content (AvgIpc) is 3.38. The van der Waals surface area contributed by atoms with Gasteiger partial charge in [-0.05, 0) is 43.5 Å². The Morgan fingerprint density at radius 1 is 1.05 bits per heavy atom. The Morgan fingerprint density at radius 3 is 2.14 bits per heavy atom. The molecular weight excluding hydrogens is 550 g/mol. The van der Waals surface area contributed by atoms with E-state index in [0.29, 0.717) is 14.9 Å². The van der Waals surface area contributed by atoms with E-state index in [4.69, 9.17) is 4.98 Å². The highest BCUT2D eigenvalue weighted by molar-refractivity contribution is 7.16. The van der Waals surface area contributed by atoms with Crippen molar-refractivity contribution in [3.63, 3.8) is 0 Å². The minimum atomic E-state index is -1.03. The molecule has 0 saturated heterocycles. The number of aromatic nitrogens is 1. The molecule has 1 aromatic heterocycles. The Morgan fingerprint density at radius 2 is 1.64 bits per heavy atom. The lowest BCUT2D eigenvalue weighted by atomic mass is 9.89. The molecule has 1 aromatic carbocycles. The van der Waals surface area contributed by atoms with Crippen LogP contribution in [0.4, 0.5) is 5.13 Å². The highest BCUT2D eigenvalue weighted by Crippen LogP contribution is 2.38. The summed E-state index contributed by atoms with van der Waals surface area (Å²) in [7, 11) is 0. The highest BCUT2D eigenvalue weighted by Gasteiger charge is 2.43. The number of carbonyl (C=O) groups excluding carboxylic acids is 4. The standard InChI is InChI=1S/C32H39N5O4S/c1-8-10-17-35(18-11-9-2)31-34-27(32(5,6)7)26(42-31)19-24-21(3)25(20-33)30(41)37(29(24)40)36(22(4)38)28(39)23-15-13-12-14-16-23/h12-16,19H,8-11,17-18H2,1-7H3/b24-19-. The van der Waals surface area contributed by atoms with Crippen LogP contribution in [0, 0.1) is 11.3 Å². The summed E-state index contributed by atoms with van der Waals surface area (Å²) in [4.78, 5) is 61.6. The molecule has 42 heavy (non-hydrogen) atoms. The molecule has 2 heterocycles. The third-order valence-corrected chi connectivity index (χ3v) is 7.96. The lowest BCUT2D eigenvalue weighted by molar-refractivity contribution is -0.163. The highest BCUT2D eigenvalue weighted by atomic mass is 32.1. The summed E-state index contributed by atoms with van der Waals surface area (Å²) in [6.45, 7) is 14.7. The fraction of sp³-hybridized carbons (Fsp3) is 0.438. The number of benzene rings is 1. The monoisotopic (exact) mass is 589 g/mol. The molecule has 0 N–H and O–H groups in total. The van der Waals surface area contributed by atoms with E-state index in [-0.39, 0.29) is 27.7 Å². The van der Waals surface area contributed by atoms with Crippen molar-refractivity contribution in [3.8, 4) is 6.07 Å². The second-order valence-corrected chi connectivity index (χ2v) is 12.3. The Balaban J connectivity index is 2.20. The SMILES string of the molecule is CCCCN(CCCC)c1nc(C(C)(C)C)c(/C=C2\C(=O)N(N(C(C)=O)C(=O)c3ccccc3)C(=O)C(C#N)=C2C)s1. The van der Waals surface area contributed by atoms with Gasteiger partial charge in [0.25, 0.3) is 17.7 Å². The van der Waals surface area contributed by atoms with Gasteiger partial charge in [0, 0.05) is 36.6 Å². The summed E-state index contributed by atoms with van der Waals surface area (Å²) in [5.74, 6) is -3.57. The van der Waals surface area contributed by atoms with E-state index in [9.17, 15) is 24.4 Å². The second kappa shape index (κ2) is 13.7. The molecule has 0 unspecified atom stereocenters. The van der Waals surface area contributed by atoms with Crippen LogP contribution in [0.15, 0.2) is 47.1 Å². The predicted octanol–water partition coefficient (Wildman–Crippen LogP) is 6.04. The largest absolute Gasteiger partial charge is 0.348 e. The number of nitriles is 1. The Kier molecular flexibility index (Phi) is 10.6. The van der Waals surface area contributed by atoms with Gasteiger partial charge in [-0.15, -0.1) is 0 Å². The molecule has 4 amide bonds. The lowest BCUT2D eigenvalue weighted by Crippen LogP contribution is -2.57. The molecule has 0 fully saturated rings. The third-order valence-electron chi connectivity index (χ3n) is 6.89. The van der Waals surface area contributed by atoms with Gasteiger partial charge in [-0.3, -0.25) is 19.2 Å². The van der Waals surface area contributed by atoms with Gasteiger partial charge in [0.15, 0.2) is 5.13 Å². The minimum Gasteiger partial charge on any atom is -0.348 e. The number of hydrazine groups is 1. The van der Waals surface area contributed by atoms with Crippen LogP contribution >= 0.6 is 11.3 Å². The number of hydrogen-bond donors (Lipinski definition) is 0. The van der Waals surface area contributed by atoms with Crippen LogP contribution < -0.4 is 4.90 Å². The number of rotatable bonds is 10. The van der Waals surface area contributed by atoms with E-state index >= 15 is 0 Å². The van der Waals surface area contributed by atoms with Gasteiger partial charge in [-0.25, -0.2) is 4.98 Å².